The lowest BCUT2D eigenvalue weighted by atomic mass is 10.0. The number of nitrogens with two attached hydrogens (primary N) is 1. The summed E-state index contributed by atoms with van der Waals surface area (Å²) in [4.78, 5) is 36.4. The van der Waals surface area contributed by atoms with E-state index < -0.39 is 5.60 Å². The van der Waals surface area contributed by atoms with Gasteiger partial charge in [-0.2, -0.15) is 10.2 Å². The molecule has 12 nitrogen and oxygen atoms in total. The lowest BCUT2D eigenvalue weighted by Gasteiger charge is -2.34. The molecule has 6 rings (SSSR count). The van der Waals surface area contributed by atoms with E-state index in [1.165, 1.54) is 0 Å². The van der Waals surface area contributed by atoms with Crippen molar-refractivity contribution in [2.75, 3.05) is 24.1 Å². The normalized spacial score (nSPS) is 15.3. The van der Waals surface area contributed by atoms with Crippen LogP contribution in [0.5, 0.6) is 0 Å². The van der Waals surface area contributed by atoms with Crippen molar-refractivity contribution < 1.29 is 14.3 Å². The van der Waals surface area contributed by atoms with E-state index in [0.717, 1.165) is 29.5 Å². The van der Waals surface area contributed by atoms with Crippen molar-refractivity contribution in [1.82, 2.24) is 34.4 Å². The van der Waals surface area contributed by atoms with Gasteiger partial charge < -0.3 is 20.7 Å². The van der Waals surface area contributed by atoms with Crippen molar-refractivity contribution >= 4 is 46.1 Å². The lowest BCUT2D eigenvalue weighted by Crippen LogP contribution is -2.43. The fourth-order valence-electron chi connectivity index (χ4n) is 5.54. The highest BCUT2D eigenvalue weighted by Crippen LogP contribution is 2.41. The van der Waals surface area contributed by atoms with Crippen molar-refractivity contribution in [2.45, 2.75) is 45.3 Å². The van der Waals surface area contributed by atoms with E-state index in [9.17, 15) is 9.59 Å². The molecule has 0 radical (unpaired) electrons. The zero-order chi connectivity index (χ0) is 31.9. The van der Waals surface area contributed by atoms with Crippen molar-refractivity contribution in [3.8, 4) is 22.4 Å². The standard InChI is InChI=1S/C32H34ClN9O3/c1-32(2,3)45-31(44)41-13-7-8-21(18-41)42-28-23(20-15-37-40(4)17-20)16-36-29(34)26(28)27(39-42)22-11-10-19(14-24(22)33)30(43)38-25-9-5-6-12-35-25/h5-6,9-12,14-17,21H,7-8,13,18H2,1-4H3,(H2,34,36)(H,35,38,43)/t21-/m1/s1. The van der Waals surface area contributed by atoms with Crippen LogP contribution in [-0.4, -0.2) is 65.1 Å². The molecule has 1 aliphatic rings. The number of carbonyl (C=O) groups excluding carboxylic acids is 2. The number of likely N-dealkylation sites (tertiary alicyclic amines) is 1. The van der Waals surface area contributed by atoms with E-state index in [1.807, 2.05) is 38.7 Å². The predicted octanol–water partition coefficient (Wildman–Crippen LogP) is 5.95. The molecule has 0 aliphatic carbocycles. The third-order valence-electron chi connectivity index (χ3n) is 7.56. The minimum Gasteiger partial charge on any atom is -0.444 e. The highest BCUT2D eigenvalue weighted by molar-refractivity contribution is 6.34. The average Bonchev–Trinajstić information content (AvgIpc) is 3.62. The number of carbonyl (C=O) groups is 2. The number of pyridine rings is 2. The number of nitrogen functional groups attached to an aromatic ring is 1. The SMILES string of the molecule is Cn1cc(-c2cnc(N)c3c(-c4ccc(C(=O)Nc5ccccn5)cc4Cl)nn([C@@H]4CCCN(C(=O)OC(C)(C)C)C4)c23)cn1. The third-order valence-corrected chi connectivity index (χ3v) is 7.87. The van der Waals surface area contributed by atoms with Crippen LogP contribution in [0.2, 0.25) is 5.02 Å². The van der Waals surface area contributed by atoms with Crippen LogP contribution in [0.15, 0.2) is 61.2 Å². The third kappa shape index (κ3) is 6.18. The molecule has 13 heteroatoms. The van der Waals surface area contributed by atoms with Crippen molar-refractivity contribution in [2.24, 2.45) is 7.05 Å². The van der Waals surface area contributed by atoms with Crippen LogP contribution < -0.4 is 11.1 Å². The minimum absolute atomic E-state index is 0.179. The number of halogens is 1. The van der Waals surface area contributed by atoms with Gasteiger partial charge in [0.05, 0.1) is 28.2 Å². The fourth-order valence-corrected chi connectivity index (χ4v) is 5.81. The van der Waals surface area contributed by atoms with E-state index >= 15 is 0 Å². The van der Waals surface area contributed by atoms with Gasteiger partial charge in [-0.3, -0.25) is 14.2 Å². The molecule has 1 saturated heterocycles. The zero-order valence-electron chi connectivity index (χ0n) is 25.5. The van der Waals surface area contributed by atoms with E-state index in [2.05, 4.69) is 20.4 Å². The summed E-state index contributed by atoms with van der Waals surface area (Å²) in [7, 11) is 1.85. The Hall–Kier alpha value is -4.97. The smallest absolute Gasteiger partial charge is 0.410 e. The van der Waals surface area contributed by atoms with Crippen molar-refractivity contribution in [1.29, 1.82) is 0 Å². The van der Waals surface area contributed by atoms with Crippen LogP contribution in [-0.2, 0) is 11.8 Å². The number of aryl methyl sites for hydroxylation is 1. The van der Waals surface area contributed by atoms with Gasteiger partial charge in [0.2, 0.25) is 0 Å². The first-order chi connectivity index (χ1) is 21.5. The highest BCUT2D eigenvalue weighted by atomic mass is 35.5. The molecule has 5 aromatic rings. The molecule has 4 aromatic heterocycles. The van der Waals surface area contributed by atoms with Gasteiger partial charge in [0.25, 0.3) is 5.91 Å². The van der Waals surface area contributed by atoms with Gasteiger partial charge in [-0.1, -0.05) is 23.7 Å². The summed E-state index contributed by atoms with van der Waals surface area (Å²) in [5.74, 6) is 0.371. The second kappa shape index (κ2) is 11.8. The quantitative estimate of drug-likeness (QED) is 0.243. The molecular weight excluding hydrogens is 594 g/mol. The largest absolute Gasteiger partial charge is 0.444 e. The molecule has 0 unspecified atom stereocenters. The molecule has 45 heavy (non-hydrogen) atoms. The first-order valence-electron chi connectivity index (χ1n) is 14.6. The Morgan fingerprint density at radius 3 is 2.62 bits per heavy atom. The maximum absolute atomic E-state index is 13.1. The van der Waals surface area contributed by atoms with E-state index in [-0.39, 0.29) is 23.9 Å². The number of anilines is 2. The highest BCUT2D eigenvalue weighted by Gasteiger charge is 2.32. The maximum atomic E-state index is 13.1. The summed E-state index contributed by atoms with van der Waals surface area (Å²) in [6.07, 6.45) is 8.18. The lowest BCUT2D eigenvalue weighted by molar-refractivity contribution is 0.0169. The van der Waals surface area contributed by atoms with Crippen LogP contribution in [0.1, 0.15) is 50.0 Å². The van der Waals surface area contributed by atoms with Gasteiger partial charge in [-0.25, -0.2) is 14.8 Å². The fraction of sp³-hybridized carbons (Fsp3) is 0.312. The van der Waals surface area contributed by atoms with E-state index in [4.69, 9.17) is 27.2 Å². The van der Waals surface area contributed by atoms with Crippen molar-refractivity contribution in [3.63, 3.8) is 0 Å². The summed E-state index contributed by atoms with van der Waals surface area (Å²) in [6, 6.07) is 10.1. The summed E-state index contributed by atoms with van der Waals surface area (Å²) in [6.45, 7) is 6.55. The number of nitrogens with zero attached hydrogens (tertiary/aromatic N) is 7. The number of nitrogens with one attached hydrogen (secondary N) is 1. The van der Waals surface area contributed by atoms with Crippen LogP contribution in [0.25, 0.3) is 33.3 Å². The number of fused-ring (bicyclic) bond motifs is 1. The predicted molar refractivity (Wildman–Crippen MR) is 173 cm³/mol. The molecule has 3 N–H and O–H groups in total. The van der Waals surface area contributed by atoms with Gasteiger partial charge in [0.1, 0.15) is 22.9 Å². The average molecular weight is 628 g/mol. The molecular formula is C32H34ClN9O3. The maximum Gasteiger partial charge on any atom is 0.410 e. The Kier molecular flexibility index (Phi) is 7.92. The van der Waals surface area contributed by atoms with E-state index in [1.54, 1.807) is 64.6 Å². The number of hydrogen-bond donors (Lipinski definition) is 2. The van der Waals surface area contributed by atoms with Gasteiger partial charge >= 0.3 is 6.09 Å². The van der Waals surface area contributed by atoms with Crippen LogP contribution in [0.4, 0.5) is 16.4 Å². The summed E-state index contributed by atoms with van der Waals surface area (Å²) in [5.41, 5.74) is 9.83. The van der Waals surface area contributed by atoms with Crippen LogP contribution in [0, 0.1) is 0 Å². The number of amides is 2. The molecule has 0 bridgehead atoms. The summed E-state index contributed by atoms with van der Waals surface area (Å²) >= 11 is 6.86. The zero-order valence-corrected chi connectivity index (χ0v) is 26.2. The number of benzene rings is 1. The first kappa shape index (κ1) is 30.1. The van der Waals surface area contributed by atoms with E-state index in [0.29, 0.717) is 46.1 Å². The van der Waals surface area contributed by atoms with Crippen LogP contribution >= 0.6 is 11.6 Å². The number of ether oxygens (including phenoxy) is 1. The number of hydrogen-bond acceptors (Lipinski definition) is 8. The van der Waals surface area contributed by atoms with Crippen molar-refractivity contribution in [3.05, 3.63) is 71.8 Å². The number of piperidine rings is 1. The molecule has 1 fully saturated rings. The Morgan fingerprint density at radius 2 is 1.93 bits per heavy atom. The summed E-state index contributed by atoms with van der Waals surface area (Å²) in [5, 5.41) is 13.2. The molecule has 2 amide bonds. The monoisotopic (exact) mass is 627 g/mol. The second-order valence-corrected chi connectivity index (χ2v) is 12.5. The molecule has 232 valence electrons. The molecule has 1 aliphatic heterocycles. The van der Waals surface area contributed by atoms with Gasteiger partial charge in [0, 0.05) is 61.0 Å². The molecule has 0 saturated carbocycles. The Bertz CT molecular complexity index is 1900. The Balaban J connectivity index is 1.45. The second-order valence-electron chi connectivity index (χ2n) is 12.1. The number of aromatic nitrogens is 6. The molecule has 1 atom stereocenters. The molecule has 5 heterocycles. The summed E-state index contributed by atoms with van der Waals surface area (Å²) < 4.78 is 9.33. The van der Waals surface area contributed by atoms with Crippen LogP contribution in [0.3, 0.4) is 0 Å². The molecule has 1 aromatic carbocycles. The topological polar surface area (TPSA) is 146 Å². The van der Waals surface area contributed by atoms with Gasteiger partial charge in [-0.05, 0) is 57.9 Å². The Labute approximate surface area is 265 Å². The number of rotatable bonds is 5. The first-order valence-corrected chi connectivity index (χ1v) is 15.0. The Morgan fingerprint density at radius 1 is 1.11 bits per heavy atom. The van der Waals surface area contributed by atoms with Gasteiger partial charge in [0.15, 0.2) is 0 Å². The van der Waals surface area contributed by atoms with Gasteiger partial charge in [-0.15, -0.1) is 0 Å². The molecule has 0 spiro atoms. The minimum atomic E-state index is -0.611.